The Morgan fingerprint density at radius 3 is 2.73 bits per heavy atom. The van der Waals surface area contributed by atoms with Gasteiger partial charge in [0.05, 0.1) is 12.2 Å². The standard InChI is InChI=1S/C17H18ClN3O3.C2H6/c18-16-13(17(22)23)3-4-14(19-16)21-6-5-15(20-21)24-9-12-8-10-1-2-11(12)7-10;1-2/h3-6,10-12H,1-2,7-9H2,(H,22,23);1-2H3/t10?,11-,12?;/m1./s1. The molecule has 2 heterocycles. The third-order valence-electron chi connectivity index (χ3n) is 5.19. The van der Waals surface area contributed by atoms with Gasteiger partial charge in [-0.1, -0.05) is 31.9 Å². The van der Waals surface area contributed by atoms with Crippen LogP contribution < -0.4 is 4.74 Å². The van der Waals surface area contributed by atoms with Gasteiger partial charge in [-0.25, -0.2) is 14.5 Å². The Labute approximate surface area is 158 Å². The Hall–Kier alpha value is -2.08. The van der Waals surface area contributed by atoms with Crippen LogP contribution in [0.4, 0.5) is 0 Å². The lowest BCUT2D eigenvalue weighted by Crippen LogP contribution is -2.18. The Bertz CT molecular complexity index is 777. The number of nitrogens with zero attached hydrogens (tertiary/aromatic N) is 3. The lowest BCUT2D eigenvalue weighted by molar-refractivity contribution is 0.0696. The number of halogens is 1. The largest absolute Gasteiger partial charge is 0.478 e. The summed E-state index contributed by atoms with van der Waals surface area (Å²) in [5, 5.41) is 13.3. The average molecular weight is 378 g/mol. The molecule has 2 aromatic heterocycles. The molecule has 26 heavy (non-hydrogen) atoms. The van der Waals surface area contributed by atoms with Gasteiger partial charge in [0.1, 0.15) is 5.15 Å². The van der Waals surface area contributed by atoms with Crippen molar-refractivity contribution in [1.29, 1.82) is 0 Å². The molecule has 2 aromatic rings. The summed E-state index contributed by atoms with van der Waals surface area (Å²) in [5.41, 5.74) is -0.0275. The van der Waals surface area contributed by atoms with Crippen LogP contribution in [0.5, 0.6) is 5.88 Å². The van der Waals surface area contributed by atoms with E-state index in [1.807, 2.05) is 13.8 Å². The molecule has 0 aromatic carbocycles. The maximum atomic E-state index is 11.0. The van der Waals surface area contributed by atoms with Gasteiger partial charge in [-0.15, -0.1) is 5.10 Å². The zero-order valence-corrected chi connectivity index (χ0v) is 15.8. The maximum Gasteiger partial charge on any atom is 0.338 e. The number of carboxylic acids is 1. The topological polar surface area (TPSA) is 77.2 Å². The minimum Gasteiger partial charge on any atom is -0.478 e. The lowest BCUT2D eigenvalue weighted by Gasteiger charge is -2.20. The van der Waals surface area contributed by atoms with Crippen molar-refractivity contribution in [1.82, 2.24) is 14.8 Å². The van der Waals surface area contributed by atoms with Gasteiger partial charge in [0, 0.05) is 12.3 Å². The third-order valence-corrected chi connectivity index (χ3v) is 5.48. The molecule has 1 N–H and O–H groups in total. The number of pyridine rings is 1. The summed E-state index contributed by atoms with van der Waals surface area (Å²) in [4.78, 5) is 15.0. The quantitative estimate of drug-likeness (QED) is 0.778. The van der Waals surface area contributed by atoms with Crippen molar-refractivity contribution in [2.75, 3.05) is 6.61 Å². The fourth-order valence-corrected chi connectivity index (χ4v) is 4.23. The minimum atomic E-state index is -1.10. The molecule has 7 heteroatoms. The van der Waals surface area contributed by atoms with Crippen molar-refractivity contribution in [3.05, 3.63) is 35.1 Å². The fourth-order valence-electron chi connectivity index (χ4n) is 4.00. The van der Waals surface area contributed by atoms with Crippen LogP contribution in [0, 0.1) is 17.8 Å². The highest BCUT2D eigenvalue weighted by Gasteiger charge is 2.39. The number of fused-ring (bicyclic) bond motifs is 2. The maximum absolute atomic E-state index is 11.0. The average Bonchev–Trinajstić information content (AvgIpc) is 3.38. The van der Waals surface area contributed by atoms with Crippen LogP contribution in [0.3, 0.4) is 0 Å². The number of rotatable bonds is 5. The smallest absolute Gasteiger partial charge is 0.338 e. The van der Waals surface area contributed by atoms with Gasteiger partial charge >= 0.3 is 5.97 Å². The molecule has 3 atom stereocenters. The number of hydrogen-bond donors (Lipinski definition) is 1. The van der Waals surface area contributed by atoms with Gasteiger partial charge < -0.3 is 9.84 Å². The molecular weight excluding hydrogens is 354 g/mol. The van der Waals surface area contributed by atoms with Crippen molar-refractivity contribution in [3.8, 4) is 11.7 Å². The van der Waals surface area contributed by atoms with Crippen LogP contribution in [0.15, 0.2) is 24.4 Å². The number of carboxylic acid groups (broad SMARTS) is 1. The first-order chi connectivity index (χ1) is 12.6. The molecule has 2 bridgehead atoms. The zero-order valence-electron chi connectivity index (χ0n) is 15.1. The summed E-state index contributed by atoms with van der Waals surface area (Å²) < 4.78 is 7.39. The molecule has 140 valence electrons. The predicted octanol–water partition coefficient (Wildman–Crippen LogP) is 4.46. The summed E-state index contributed by atoms with van der Waals surface area (Å²) in [5.74, 6) is 2.28. The van der Waals surface area contributed by atoms with Gasteiger partial charge in [-0.3, -0.25) is 0 Å². The van der Waals surface area contributed by atoms with Crippen molar-refractivity contribution in [2.45, 2.75) is 39.5 Å². The van der Waals surface area contributed by atoms with E-state index in [1.165, 1.54) is 36.4 Å². The van der Waals surface area contributed by atoms with E-state index in [4.69, 9.17) is 21.4 Å². The number of ether oxygens (including phenoxy) is 1. The minimum absolute atomic E-state index is 0.0275. The molecule has 6 nitrogen and oxygen atoms in total. The van der Waals surface area contributed by atoms with Crippen LogP contribution in [-0.4, -0.2) is 32.4 Å². The molecule has 0 radical (unpaired) electrons. The summed E-state index contributed by atoms with van der Waals surface area (Å²) in [6, 6.07) is 4.78. The Kier molecular flexibility index (Phi) is 5.81. The zero-order chi connectivity index (χ0) is 18.7. The Morgan fingerprint density at radius 1 is 1.31 bits per heavy atom. The van der Waals surface area contributed by atoms with Crippen LogP contribution in [0.2, 0.25) is 5.15 Å². The molecule has 0 saturated heterocycles. The second-order valence-corrected chi connectivity index (χ2v) is 7.02. The molecule has 0 amide bonds. The van der Waals surface area contributed by atoms with Crippen molar-refractivity contribution >= 4 is 17.6 Å². The normalized spacial score (nSPS) is 23.4. The number of aromatic carboxylic acids is 1. The number of aromatic nitrogens is 3. The highest BCUT2D eigenvalue weighted by molar-refractivity contribution is 6.32. The van der Waals surface area contributed by atoms with Crippen LogP contribution in [0.1, 0.15) is 49.9 Å². The van der Waals surface area contributed by atoms with E-state index in [0.29, 0.717) is 24.2 Å². The van der Waals surface area contributed by atoms with Gasteiger partial charge in [0.25, 0.3) is 0 Å². The van der Waals surface area contributed by atoms with E-state index < -0.39 is 5.97 Å². The first-order valence-electron chi connectivity index (χ1n) is 9.19. The summed E-state index contributed by atoms with van der Waals surface area (Å²) in [7, 11) is 0. The van der Waals surface area contributed by atoms with Gasteiger partial charge in [0.2, 0.25) is 5.88 Å². The van der Waals surface area contributed by atoms with Gasteiger partial charge in [0.15, 0.2) is 5.82 Å². The van der Waals surface area contributed by atoms with E-state index in [2.05, 4.69) is 10.1 Å². The van der Waals surface area contributed by atoms with Crippen molar-refractivity contribution in [2.24, 2.45) is 17.8 Å². The second kappa shape index (κ2) is 8.08. The summed E-state index contributed by atoms with van der Waals surface area (Å²) >= 11 is 5.90. The van der Waals surface area contributed by atoms with Crippen LogP contribution >= 0.6 is 11.6 Å². The van der Waals surface area contributed by atoms with Crippen LogP contribution in [-0.2, 0) is 0 Å². The van der Waals surface area contributed by atoms with E-state index in [9.17, 15) is 4.79 Å². The molecule has 4 rings (SSSR count). The number of carbonyl (C=O) groups is 1. The van der Waals surface area contributed by atoms with E-state index in [-0.39, 0.29) is 10.7 Å². The molecular formula is C19H24ClN3O3. The monoisotopic (exact) mass is 377 g/mol. The number of hydrogen-bond acceptors (Lipinski definition) is 4. The molecule has 2 unspecified atom stereocenters. The van der Waals surface area contributed by atoms with Crippen molar-refractivity contribution < 1.29 is 14.6 Å². The molecule has 2 aliphatic carbocycles. The molecule has 0 spiro atoms. The fraction of sp³-hybridized carbons (Fsp3) is 0.526. The predicted molar refractivity (Wildman–Crippen MR) is 99.1 cm³/mol. The molecule has 2 saturated carbocycles. The van der Waals surface area contributed by atoms with E-state index in [0.717, 1.165) is 11.8 Å². The first-order valence-corrected chi connectivity index (χ1v) is 9.56. The van der Waals surface area contributed by atoms with Crippen LogP contribution in [0.25, 0.3) is 5.82 Å². The molecule has 2 aliphatic rings. The van der Waals surface area contributed by atoms with Gasteiger partial charge in [-0.2, -0.15) is 0 Å². The Morgan fingerprint density at radius 2 is 2.12 bits per heavy atom. The molecule has 2 fully saturated rings. The van der Waals surface area contributed by atoms with E-state index >= 15 is 0 Å². The second-order valence-electron chi connectivity index (χ2n) is 6.66. The van der Waals surface area contributed by atoms with Gasteiger partial charge in [-0.05, 0) is 49.1 Å². The molecule has 0 aliphatic heterocycles. The lowest BCUT2D eigenvalue weighted by atomic mass is 9.90. The van der Waals surface area contributed by atoms with Crippen molar-refractivity contribution in [3.63, 3.8) is 0 Å². The highest BCUT2D eigenvalue weighted by atomic mass is 35.5. The summed E-state index contributed by atoms with van der Waals surface area (Å²) in [6.07, 6.45) is 7.09. The SMILES string of the molecule is CC.O=C(O)c1ccc(-n2ccc(OCC3CC4CC[C@@H]3C4)n2)nc1Cl. The van der Waals surface area contributed by atoms with E-state index in [1.54, 1.807) is 18.3 Å². The first kappa shape index (κ1) is 18.7. The third kappa shape index (κ3) is 3.85. The summed E-state index contributed by atoms with van der Waals surface area (Å²) in [6.45, 7) is 4.71. The highest BCUT2D eigenvalue weighted by Crippen LogP contribution is 2.48. The Balaban J connectivity index is 0.000000948.